The van der Waals surface area contributed by atoms with Crippen molar-refractivity contribution in [2.75, 3.05) is 75.8 Å². The van der Waals surface area contributed by atoms with Crippen LogP contribution in [0.5, 0.6) is 0 Å². The predicted molar refractivity (Wildman–Crippen MR) is 215 cm³/mol. The van der Waals surface area contributed by atoms with Crippen molar-refractivity contribution in [1.82, 2.24) is 40.0 Å². The molecule has 308 valence electrons. The first-order valence-electron chi connectivity index (χ1n) is 20.6. The fraction of sp³-hybridized carbons (Fsp3) is 0.476. The van der Waals surface area contributed by atoms with E-state index in [2.05, 4.69) is 49.3 Å². The standard InChI is InChI=1S/C42H49N11O6/c1-47-17-18-51(42(47)59)31-3-2-13-50(25-31)35-21-44-37(38(43)55)34(45-35)20-26-4-7-30(8-5-26)49-15-11-28-10-14-48(23-29(28)24-49)22-27-6-9-32-33(19-27)40(57)53(39(32)56)52-16-12-36(54)46-41(52)58/h4-9,19,21,28-29,31H,2-3,10-18,20,22-25H2,1H3,(H2,43,55)(H,46,54,58)/t28?,29?,31-/m1/s1. The van der Waals surface area contributed by atoms with Crippen molar-refractivity contribution >= 4 is 47.2 Å². The van der Waals surface area contributed by atoms with E-state index in [1.807, 2.05) is 18.0 Å². The van der Waals surface area contributed by atoms with Crippen molar-refractivity contribution in [3.8, 4) is 0 Å². The average Bonchev–Trinajstić information content (AvgIpc) is 3.70. The second-order valence-corrected chi connectivity index (χ2v) is 16.7. The van der Waals surface area contributed by atoms with E-state index in [1.54, 1.807) is 23.2 Å². The molecule has 3 atom stereocenters. The molecule has 6 aliphatic heterocycles. The Kier molecular flexibility index (Phi) is 10.1. The molecule has 17 heteroatoms. The van der Waals surface area contributed by atoms with E-state index >= 15 is 0 Å². The molecule has 8 amide bonds. The lowest BCUT2D eigenvalue weighted by atomic mass is 9.80. The Bertz CT molecular complexity index is 2220. The molecule has 0 radical (unpaired) electrons. The Morgan fingerprint density at radius 1 is 0.814 bits per heavy atom. The SMILES string of the molecule is CN1CCN([C@@H]2CCCN(c3cnc(C(N)=O)c(Cc4ccc(N5CCC6CCN(Cc7ccc8c(c7)C(=O)N(N7CCC(=O)NC7=O)C8=O)CC6C5)cc4)n3)C2)C1=O. The molecule has 0 spiro atoms. The largest absolute Gasteiger partial charge is 0.371 e. The number of likely N-dealkylation sites (N-methyl/N-ethyl adjacent to an activating group) is 1. The zero-order chi connectivity index (χ0) is 40.9. The van der Waals surface area contributed by atoms with Gasteiger partial charge < -0.3 is 25.3 Å². The number of hydrazine groups is 1. The first kappa shape index (κ1) is 38.4. The van der Waals surface area contributed by atoms with Gasteiger partial charge in [0.1, 0.15) is 11.5 Å². The van der Waals surface area contributed by atoms with Crippen LogP contribution in [-0.4, -0.2) is 142 Å². The lowest BCUT2D eigenvalue weighted by Gasteiger charge is -2.45. The van der Waals surface area contributed by atoms with Crippen molar-refractivity contribution in [3.63, 3.8) is 0 Å². The minimum absolute atomic E-state index is 0.0119. The van der Waals surface area contributed by atoms with Crippen LogP contribution in [0.4, 0.5) is 21.1 Å². The highest BCUT2D eigenvalue weighted by Crippen LogP contribution is 2.35. The third kappa shape index (κ3) is 7.43. The zero-order valence-corrected chi connectivity index (χ0v) is 33.2. The smallest absolute Gasteiger partial charge is 0.343 e. The van der Waals surface area contributed by atoms with Gasteiger partial charge >= 0.3 is 12.1 Å². The summed E-state index contributed by atoms with van der Waals surface area (Å²) in [4.78, 5) is 95.9. The summed E-state index contributed by atoms with van der Waals surface area (Å²) in [7, 11) is 1.83. The highest BCUT2D eigenvalue weighted by molar-refractivity contribution is 6.22. The number of nitrogens with two attached hydrogens (primary N) is 1. The number of urea groups is 2. The van der Waals surface area contributed by atoms with Crippen LogP contribution in [0.3, 0.4) is 0 Å². The van der Waals surface area contributed by atoms with Crippen LogP contribution in [0.1, 0.15) is 80.1 Å². The second kappa shape index (κ2) is 15.6. The third-order valence-corrected chi connectivity index (χ3v) is 13.0. The molecule has 1 aromatic heterocycles. The first-order chi connectivity index (χ1) is 28.5. The molecule has 17 nitrogen and oxygen atoms in total. The van der Waals surface area contributed by atoms with Gasteiger partial charge in [0.25, 0.3) is 17.7 Å². The van der Waals surface area contributed by atoms with Gasteiger partial charge in [-0.05, 0) is 79.5 Å². The molecule has 59 heavy (non-hydrogen) atoms. The fourth-order valence-electron chi connectivity index (χ4n) is 9.75. The lowest BCUT2D eigenvalue weighted by Crippen LogP contribution is -2.58. The van der Waals surface area contributed by atoms with Crippen LogP contribution in [0.15, 0.2) is 48.7 Å². The van der Waals surface area contributed by atoms with Gasteiger partial charge in [-0.25, -0.2) is 24.6 Å². The summed E-state index contributed by atoms with van der Waals surface area (Å²) in [5.41, 5.74) is 10.0. The number of hydrogen-bond acceptors (Lipinski definition) is 11. The molecule has 2 aromatic carbocycles. The molecule has 6 aliphatic rings. The molecule has 7 heterocycles. The number of carbonyl (C=O) groups excluding carboxylic acids is 6. The Morgan fingerprint density at radius 3 is 2.36 bits per heavy atom. The number of likely N-dealkylation sites (tertiary alicyclic amines) is 1. The maximum Gasteiger partial charge on any atom is 0.343 e. The summed E-state index contributed by atoms with van der Waals surface area (Å²) in [5.74, 6) is -0.406. The molecular weight excluding hydrogens is 755 g/mol. The van der Waals surface area contributed by atoms with Gasteiger partial charge in [-0.3, -0.25) is 29.4 Å². The number of benzene rings is 2. The molecule has 3 N–H and O–H groups in total. The minimum atomic E-state index is -0.778. The predicted octanol–water partition coefficient (Wildman–Crippen LogP) is 2.30. The van der Waals surface area contributed by atoms with E-state index < -0.39 is 29.7 Å². The van der Waals surface area contributed by atoms with E-state index in [4.69, 9.17) is 10.7 Å². The van der Waals surface area contributed by atoms with E-state index in [9.17, 15) is 28.8 Å². The Labute approximate surface area is 342 Å². The molecule has 2 unspecified atom stereocenters. The van der Waals surface area contributed by atoms with Gasteiger partial charge in [-0.1, -0.05) is 18.2 Å². The summed E-state index contributed by atoms with van der Waals surface area (Å²) in [6.07, 6.45) is 6.10. The van der Waals surface area contributed by atoms with Crippen LogP contribution in [-0.2, 0) is 17.8 Å². The van der Waals surface area contributed by atoms with Crippen molar-refractivity contribution in [3.05, 3.63) is 82.3 Å². The summed E-state index contributed by atoms with van der Waals surface area (Å²) >= 11 is 0. The fourth-order valence-corrected chi connectivity index (χ4v) is 9.75. The molecular formula is C42H49N11O6. The maximum atomic E-state index is 13.4. The van der Waals surface area contributed by atoms with Gasteiger partial charge in [0.2, 0.25) is 5.91 Å². The number of anilines is 2. The van der Waals surface area contributed by atoms with Crippen LogP contribution < -0.4 is 20.9 Å². The first-order valence-corrected chi connectivity index (χ1v) is 20.6. The third-order valence-electron chi connectivity index (χ3n) is 13.0. The van der Waals surface area contributed by atoms with Gasteiger partial charge in [-0.15, -0.1) is 0 Å². The lowest BCUT2D eigenvalue weighted by molar-refractivity contribution is -0.122. The number of piperidine rings is 3. The normalized spacial score (nSPS) is 23.9. The number of rotatable bonds is 9. The second-order valence-electron chi connectivity index (χ2n) is 16.7. The Morgan fingerprint density at radius 2 is 1.59 bits per heavy atom. The van der Waals surface area contributed by atoms with Crippen molar-refractivity contribution < 1.29 is 28.8 Å². The average molecular weight is 804 g/mol. The van der Waals surface area contributed by atoms with Crippen LogP contribution >= 0.6 is 0 Å². The molecule has 0 saturated carbocycles. The summed E-state index contributed by atoms with van der Waals surface area (Å²) in [6, 6.07) is 13.1. The van der Waals surface area contributed by atoms with Crippen molar-refractivity contribution in [2.45, 2.75) is 51.1 Å². The molecule has 3 aromatic rings. The number of nitrogens with zero attached hydrogens (tertiary/aromatic N) is 9. The van der Waals surface area contributed by atoms with E-state index in [1.165, 1.54) is 0 Å². The number of imide groups is 2. The zero-order valence-electron chi connectivity index (χ0n) is 33.2. The van der Waals surface area contributed by atoms with E-state index in [0.29, 0.717) is 42.9 Å². The van der Waals surface area contributed by atoms with E-state index in [0.717, 1.165) is 98.3 Å². The highest BCUT2D eigenvalue weighted by Gasteiger charge is 2.43. The minimum Gasteiger partial charge on any atom is -0.371 e. The molecule has 5 saturated heterocycles. The number of primary amides is 1. The number of nitrogens with one attached hydrogen (secondary N) is 1. The summed E-state index contributed by atoms with van der Waals surface area (Å²) < 4.78 is 0. The van der Waals surface area contributed by atoms with Crippen molar-refractivity contribution in [2.24, 2.45) is 17.6 Å². The van der Waals surface area contributed by atoms with Crippen LogP contribution in [0, 0.1) is 11.8 Å². The number of fused-ring (bicyclic) bond motifs is 2. The highest BCUT2D eigenvalue weighted by atomic mass is 16.2. The summed E-state index contributed by atoms with van der Waals surface area (Å²) in [6.45, 7) is 7.25. The Balaban J connectivity index is 0.827. The van der Waals surface area contributed by atoms with Crippen molar-refractivity contribution in [1.29, 1.82) is 0 Å². The van der Waals surface area contributed by atoms with Gasteiger partial charge in [0.15, 0.2) is 0 Å². The van der Waals surface area contributed by atoms with Gasteiger partial charge in [-0.2, -0.15) is 5.01 Å². The number of carbonyl (C=O) groups is 6. The number of amides is 8. The molecule has 9 rings (SSSR count). The van der Waals surface area contributed by atoms with E-state index in [-0.39, 0.29) is 41.9 Å². The summed E-state index contributed by atoms with van der Waals surface area (Å²) in [5, 5.41) is 4.03. The van der Waals surface area contributed by atoms with Gasteiger partial charge in [0, 0.05) is 77.9 Å². The molecule has 5 fully saturated rings. The monoisotopic (exact) mass is 803 g/mol. The van der Waals surface area contributed by atoms with Gasteiger partial charge in [0.05, 0.1) is 35.6 Å². The number of hydrogen-bond donors (Lipinski definition) is 2. The number of aromatic nitrogens is 2. The molecule has 0 bridgehead atoms. The molecule has 0 aliphatic carbocycles. The topological polar surface area (TPSA) is 189 Å². The van der Waals surface area contributed by atoms with Crippen LogP contribution in [0.25, 0.3) is 0 Å². The van der Waals surface area contributed by atoms with Crippen LogP contribution in [0.2, 0.25) is 0 Å². The Hall–Kier alpha value is -6.10. The maximum absolute atomic E-state index is 13.4. The quantitative estimate of drug-likeness (QED) is 0.302.